The second kappa shape index (κ2) is 9.89. The van der Waals surface area contributed by atoms with Crippen molar-refractivity contribution in [2.45, 2.75) is 13.0 Å². The molecule has 2 N–H and O–H groups in total. The molecule has 1 heterocycles. The summed E-state index contributed by atoms with van der Waals surface area (Å²) in [6.45, 7) is 5.08. The molecule has 1 aliphatic heterocycles. The van der Waals surface area contributed by atoms with Gasteiger partial charge in [-0.1, -0.05) is 12.1 Å². The average Bonchev–Trinajstić information content (AvgIpc) is 2.64. The van der Waals surface area contributed by atoms with Crippen LogP contribution in [0.5, 0.6) is 5.75 Å². The quantitative estimate of drug-likeness (QED) is 0.548. The maximum Gasteiger partial charge on any atom is 0.309 e. The first-order valence-electron chi connectivity index (χ1n) is 8.18. The number of carbonyl (C=O) groups is 2. The third-order valence-corrected chi connectivity index (χ3v) is 3.86. The van der Waals surface area contributed by atoms with E-state index in [1.165, 1.54) is 0 Å². The van der Waals surface area contributed by atoms with Crippen LogP contribution in [-0.2, 0) is 20.9 Å². The van der Waals surface area contributed by atoms with E-state index < -0.39 is 11.8 Å². The van der Waals surface area contributed by atoms with Gasteiger partial charge in [0, 0.05) is 26.2 Å². The van der Waals surface area contributed by atoms with E-state index in [1.807, 2.05) is 24.3 Å². The minimum absolute atomic E-state index is 0.310. The predicted octanol–water partition coefficient (Wildman–Crippen LogP) is 0.150. The van der Waals surface area contributed by atoms with Crippen molar-refractivity contribution in [3.63, 3.8) is 0 Å². The SMILES string of the molecule is COc1ccc(CNC(=O)C(=O)NCCCN2CCOCC2)cc1. The van der Waals surface area contributed by atoms with Gasteiger partial charge in [-0.2, -0.15) is 0 Å². The van der Waals surface area contributed by atoms with Crippen LogP contribution >= 0.6 is 0 Å². The Balaban J connectivity index is 1.59. The van der Waals surface area contributed by atoms with E-state index >= 15 is 0 Å². The lowest BCUT2D eigenvalue weighted by atomic mass is 10.2. The first-order valence-corrected chi connectivity index (χ1v) is 8.18. The number of rotatable bonds is 7. The molecule has 1 aliphatic rings. The van der Waals surface area contributed by atoms with Gasteiger partial charge >= 0.3 is 11.8 Å². The van der Waals surface area contributed by atoms with Gasteiger partial charge in [-0.15, -0.1) is 0 Å². The third kappa shape index (κ3) is 6.17. The molecule has 1 aromatic carbocycles. The molecule has 0 aliphatic carbocycles. The summed E-state index contributed by atoms with van der Waals surface area (Å²) >= 11 is 0. The molecule has 2 rings (SSSR count). The smallest absolute Gasteiger partial charge is 0.309 e. The number of ether oxygens (including phenoxy) is 2. The third-order valence-electron chi connectivity index (χ3n) is 3.86. The summed E-state index contributed by atoms with van der Waals surface area (Å²) in [5.74, 6) is -0.453. The topological polar surface area (TPSA) is 79.9 Å². The highest BCUT2D eigenvalue weighted by Gasteiger charge is 2.13. The van der Waals surface area contributed by atoms with Crippen molar-refractivity contribution < 1.29 is 19.1 Å². The molecular formula is C17H25N3O4. The molecule has 1 fully saturated rings. The minimum Gasteiger partial charge on any atom is -0.497 e. The number of morpholine rings is 1. The monoisotopic (exact) mass is 335 g/mol. The Morgan fingerprint density at radius 1 is 1.12 bits per heavy atom. The Kier molecular flexibility index (Phi) is 7.51. The summed E-state index contributed by atoms with van der Waals surface area (Å²) in [6.07, 6.45) is 0.817. The van der Waals surface area contributed by atoms with E-state index in [-0.39, 0.29) is 0 Å². The van der Waals surface area contributed by atoms with Gasteiger partial charge < -0.3 is 20.1 Å². The van der Waals surface area contributed by atoms with E-state index in [9.17, 15) is 9.59 Å². The van der Waals surface area contributed by atoms with E-state index in [2.05, 4.69) is 15.5 Å². The second-order valence-electron chi connectivity index (χ2n) is 5.59. The zero-order chi connectivity index (χ0) is 17.2. The molecule has 24 heavy (non-hydrogen) atoms. The predicted molar refractivity (Wildman–Crippen MR) is 89.7 cm³/mol. The normalized spacial score (nSPS) is 14.9. The fourth-order valence-corrected chi connectivity index (χ4v) is 2.42. The summed E-state index contributed by atoms with van der Waals surface area (Å²) in [4.78, 5) is 25.8. The van der Waals surface area contributed by atoms with Crippen LogP contribution < -0.4 is 15.4 Å². The van der Waals surface area contributed by atoms with Crippen molar-refractivity contribution in [3.05, 3.63) is 29.8 Å². The van der Waals surface area contributed by atoms with Crippen LogP contribution in [-0.4, -0.2) is 63.2 Å². The maximum atomic E-state index is 11.8. The molecule has 0 radical (unpaired) electrons. The molecule has 1 aromatic rings. The largest absolute Gasteiger partial charge is 0.497 e. The number of nitrogens with zero attached hydrogens (tertiary/aromatic N) is 1. The van der Waals surface area contributed by atoms with Gasteiger partial charge in [-0.25, -0.2) is 0 Å². The van der Waals surface area contributed by atoms with Gasteiger partial charge in [0.05, 0.1) is 20.3 Å². The van der Waals surface area contributed by atoms with Crippen molar-refractivity contribution in [1.29, 1.82) is 0 Å². The number of carbonyl (C=O) groups excluding carboxylic acids is 2. The second-order valence-corrected chi connectivity index (χ2v) is 5.59. The Morgan fingerprint density at radius 2 is 1.79 bits per heavy atom. The van der Waals surface area contributed by atoms with Gasteiger partial charge in [0.25, 0.3) is 0 Å². The van der Waals surface area contributed by atoms with Crippen molar-refractivity contribution >= 4 is 11.8 Å². The van der Waals surface area contributed by atoms with Gasteiger partial charge in [-0.3, -0.25) is 14.5 Å². The van der Waals surface area contributed by atoms with E-state index in [1.54, 1.807) is 7.11 Å². The number of nitrogens with one attached hydrogen (secondary N) is 2. The number of benzene rings is 1. The highest BCUT2D eigenvalue weighted by Crippen LogP contribution is 2.10. The van der Waals surface area contributed by atoms with Gasteiger partial charge in [0.1, 0.15) is 5.75 Å². The molecule has 0 unspecified atom stereocenters. The molecule has 0 spiro atoms. The first-order chi connectivity index (χ1) is 11.7. The van der Waals surface area contributed by atoms with Gasteiger partial charge in [0.15, 0.2) is 0 Å². The maximum absolute atomic E-state index is 11.8. The Morgan fingerprint density at radius 3 is 2.46 bits per heavy atom. The van der Waals surface area contributed by atoms with Crippen LogP contribution in [0.2, 0.25) is 0 Å². The molecule has 0 saturated carbocycles. The van der Waals surface area contributed by atoms with Crippen LogP contribution in [0.1, 0.15) is 12.0 Å². The Bertz CT molecular complexity index is 527. The Labute approximate surface area is 142 Å². The number of hydrogen-bond acceptors (Lipinski definition) is 5. The summed E-state index contributed by atoms with van der Waals surface area (Å²) < 4.78 is 10.4. The van der Waals surface area contributed by atoms with Crippen LogP contribution in [0.3, 0.4) is 0 Å². The van der Waals surface area contributed by atoms with Crippen molar-refractivity contribution in [2.75, 3.05) is 46.5 Å². The summed E-state index contributed by atoms with van der Waals surface area (Å²) in [6, 6.07) is 7.32. The van der Waals surface area contributed by atoms with Crippen molar-refractivity contribution in [2.24, 2.45) is 0 Å². The molecular weight excluding hydrogens is 310 g/mol. The zero-order valence-electron chi connectivity index (χ0n) is 14.0. The molecule has 0 bridgehead atoms. The lowest BCUT2D eigenvalue weighted by Gasteiger charge is -2.26. The van der Waals surface area contributed by atoms with E-state index in [0.717, 1.165) is 50.6 Å². The molecule has 7 nitrogen and oxygen atoms in total. The molecule has 132 valence electrons. The minimum atomic E-state index is -0.614. The van der Waals surface area contributed by atoms with Crippen LogP contribution in [0.15, 0.2) is 24.3 Å². The number of amides is 2. The summed E-state index contributed by atoms with van der Waals surface area (Å²) in [5.41, 5.74) is 0.907. The standard InChI is InChI=1S/C17H25N3O4/c1-23-15-5-3-14(4-6-15)13-19-17(22)16(21)18-7-2-8-20-9-11-24-12-10-20/h3-6H,2,7-13H2,1H3,(H,18,21)(H,19,22). The van der Waals surface area contributed by atoms with E-state index in [4.69, 9.17) is 9.47 Å². The fraction of sp³-hybridized carbons (Fsp3) is 0.529. The lowest BCUT2D eigenvalue weighted by molar-refractivity contribution is -0.139. The molecule has 7 heteroatoms. The number of hydrogen-bond donors (Lipinski definition) is 2. The highest BCUT2D eigenvalue weighted by molar-refractivity contribution is 6.35. The highest BCUT2D eigenvalue weighted by atomic mass is 16.5. The van der Waals surface area contributed by atoms with Crippen molar-refractivity contribution in [3.8, 4) is 5.75 Å². The van der Waals surface area contributed by atoms with Crippen molar-refractivity contribution in [1.82, 2.24) is 15.5 Å². The first kappa shape index (κ1) is 18.2. The van der Waals surface area contributed by atoms with Gasteiger partial charge in [0.2, 0.25) is 0 Å². The number of methoxy groups -OCH3 is 1. The Hall–Kier alpha value is -2.12. The summed E-state index contributed by atoms with van der Waals surface area (Å²) in [5, 5.41) is 5.26. The zero-order valence-corrected chi connectivity index (χ0v) is 14.0. The molecule has 2 amide bonds. The van der Waals surface area contributed by atoms with Crippen LogP contribution in [0.25, 0.3) is 0 Å². The average molecular weight is 335 g/mol. The molecule has 0 aromatic heterocycles. The lowest BCUT2D eigenvalue weighted by Crippen LogP contribution is -2.41. The summed E-state index contributed by atoms with van der Waals surface area (Å²) in [7, 11) is 1.60. The molecule has 1 saturated heterocycles. The van der Waals surface area contributed by atoms with Crippen LogP contribution in [0, 0.1) is 0 Å². The molecule has 0 atom stereocenters. The fourth-order valence-electron chi connectivity index (χ4n) is 2.42. The van der Waals surface area contributed by atoms with Crippen LogP contribution in [0.4, 0.5) is 0 Å². The van der Waals surface area contributed by atoms with Gasteiger partial charge in [-0.05, 0) is 30.7 Å². The van der Waals surface area contributed by atoms with E-state index in [0.29, 0.717) is 13.1 Å².